The number of benzene rings is 1. The number of rotatable bonds is 2. The minimum absolute atomic E-state index is 0.264. The summed E-state index contributed by atoms with van der Waals surface area (Å²) in [4.78, 5) is 22.2. The molecule has 1 aromatic carbocycles. The second kappa shape index (κ2) is 4.93. The molecule has 1 aromatic rings. The summed E-state index contributed by atoms with van der Waals surface area (Å²) in [6.07, 6.45) is 0.457. The highest BCUT2D eigenvalue weighted by Gasteiger charge is 2.22. The largest absolute Gasteiger partial charge is 0.452 e. The summed E-state index contributed by atoms with van der Waals surface area (Å²) in [6.45, 7) is 1.37. The minimum atomic E-state index is -0.523. The normalized spacial score (nSPS) is 13.5. The van der Waals surface area contributed by atoms with Crippen molar-refractivity contribution in [3.63, 3.8) is 0 Å². The fourth-order valence-corrected chi connectivity index (χ4v) is 1.44. The molecule has 17 heavy (non-hydrogen) atoms. The standard InChI is InChI=1S/C11H9ClN2O3/c12-10-3-2-9(6-8(10)7-13)16-17-11(15)14-4-1-5-14/h2-3,6H,1,4-5H2. The van der Waals surface area contributed by atoms with Gasteiger partial charge in [-0.2, -0.15) is 5.26 Å². The van der Waals surface area contributed by atoms with Crippen LogP contribution in [0.1, 0.15) is 12.0 Å². The van der Waals surface area contributed by atoms with Gasteiger partial charge in [-0.3, -0.25) is 4.89 Å². The zero-order valence-corrected chi connectivity index (χ0v) is 9.61. The molecule has 1 amide bonds. The van der Waals surface area contributed by atoms with Crippen LogP contribution >= 0.6 is 11.6 Å². The average Bonchev–Trinajstić information content (AvgIpc) is 2.25. The summed E-state index contributed by atoms with van der Waals surface area (Å²) in [7, 11) is 0. The number of carbonyl (C=O) groups is 1. The van der Waals surface area contributed by atoms with Gasteiger partial charge in [-0.05, 0) is 18.6 Å². The Morgan fingerprint density at radius 2 is 2.24 bits per heavy atom. The van der Waals surface area contributed by atoms with Crippen LogP contribution in [-0.2, 0) is 4.89 Å². The molecule has 1 aliphatic heterocycles. The molecule has 2 rings (SSSR count). The number of amides is 1. The van der Waals surface area contributed by atoms with Gasteiger partial charge in [0.1, 0.15) is 6.07 Å². The van der Waals surface area contributed by atoms with Crippen molar-refractivity contribution in [1.29, 1.82) is 5.26 Å². The van der Waals surface area contributed by atoms with E-state index in [1.165, 1.54) is 23.1 Å². The molecule has 0 spiro atoms. The Bertz CT molecular complexity index is 480. The van der Waals surface area contributed by atoms with Crippen LogP contribution < -0.4 is 4.89 Å². The van der Waals surface area contributed by atoms with E-state index in [4.69, 9.17) is 21.8 Å². The molecule has 0 atom stereocenters. The van der Waals surface area contributed by atoms with Crippen LogP contribution in [-0.4, -0.2) is 24.1 Å². The lowest BCUT2D eigenvalue weighted by Gasteiger charge is -2.28. The number of carbonyl (C=O) groups excluding carboxylic acids is 1. The van der Waals surface area contributed by atoms with Gasteiger partial charge in [0.15, 0.2) is 5.75 Å². The first kappa shape index (κ1) is 11.6. The molecule has 5 nitrogen and oxygen atoms in total. The number of nitriles is 1. The second-order valence-corrected chi connectivity index (χ2v) is 3.93. The van der Waals surface area contributed by atoms with Crippen LogP contribution in [0.3, 0.4) is 0 Å². The van der Waals surface area contributed by atoms with E-state index in [9.17, 15) is 4.79 Å². The van der Waals surface area contributed by atoms with E-state index in [0.29, 0.717) is 18.1 Å². The van der Waals surface area contributed by atoms with Gasteiger partial charge < -0.3 is 4.90 Å². The van der Waals surface area contributed by atoms with E-state index >= 15 is 0 Å². The zero-order valence-electron chi connectivity index (χ0n) is 8.85. The third-order valence-electron chi connectivity index (χ3n) is 2.38. The lowest BCUT2D eigenvalue weighted by molar-refractivity contribution is -0.157. The average molecular weight is 253 g/mol. The molecule has 0 bridgehead atoms. The topological polar surface area (TPSA) is 62.6 Å². The number of nitrogens with zero attached hydrogens (tertiary/aromatic N) is 2. The number of likely N-dealkylation sites (tertiary alicyclic amines) is 1. The van der Waals surface area contributed by atoms with E-state index in [1.54, 1.807) is 0 Å². The van der Waals surface area contributed by atoms with Crippen molar-refractivity contribution in [1.82, 2.24) is 4.90 Å². The van der Waals surface area contributed by atoms with E-state index < -0.39 is 6.09 Å². The van der Waals surface area contributed by atoms with Gasteiger partial charge in [0.05, 0.1) is 10.6 Å². The van der Waals surface area contributed by atoms with Gasteiger partial charge in [-0.15, -0.1) is 0 Å². The maximum absolute atomic E-state index is 11.3. The van der Waals surface area contributed by atoms with Crippen molar-refractivity contribution in [2.45, 2.75) is 6.42 Å². The van der Waals surface area contributed by atoms with Crippen molar-refractivity contribution in [2.24, 2.45) is 0 Å². The predicted molar refractivity (Wildman–Crippen MR) is 59.5 cm³/mol. The quantitative estimate of drug-likeness (QED) is 0.599. The summed E-state index contributed by atoms with van der Waals surface area (Å²) < 4.78 is 0. The minimum Gasteiger partial charge on any atom is -0.305 e. The molecule has 0 N–H and O–H groups in total. The number of hydrogen-bond donors (Lipinski definition) is 0. The van der Waals surface area contributed by atoms with Gasteiger partial charge in [-0.1, -0.05) is 11.6 Å². The second-order valence-electron chi connectivity index (χ2n) is 3.53. The highest BCUT2D eigenvalue weighted by molar-refractivity contribution is 6.31. The molecule has 0 saturated carbocycles. The first-order valence-corrected chi connectivity index (χ1v) is 5.41. The Morgan fingerprint density at radius 1 is 1.47 bits per heavy atom. The van der Waals surface area contributed by atoms with Crippen molar-refractivity contribution < 1.29 is 14.6 Å². The smallest absolute Gasteiger partial charge is 0.305 e. The van der Waals surface area contributed by atoms with Crippen LogP contribution in [0.25, 0.3) is 0 Å². The molecule has 1 fully saturated rings. The Balaban J connectivity index is 1.94. The van der Waals surface area contributed by atoms with Crippen LogP contribution in [0.4, 0.5) is 4.79 Å². The maximum Gasteiger partial charge on any atom is 0.452 e. The maximum atomic E-state index is 11.3. The first-order chi connectivity index (χ1) is 8.20. The summed E-state index contributed by atoms with van der Waals surface area (Å²) >= 11 is 5.75. The lowest BCUT2D eigenvalue weighted by Crippen LogP contribution is -2.42. The Morgan fingerprint density at radius 3 is 2.82 bits per heavy atom. The van der Waals surface area contributed by atoms with Gasteiger partial charge in [0.25, 0.3) is 0 Å². The molecule has 88 valence electrons. The summed E-state index contributed by atoms with van der Waals surface area (Å²) in [5.74, 6) is 0.264. The van der Waals surface area contributed by atoms with Gasteiger partial charge in [-0.25, -0.2) is 9.68 Å². The molecule has 0 aromatic heterocycles. The lowest BCUT2D eigenvalue weighted by atomic mass is 10.2. The predicted octanol–water partition coefficient (Wildman–Crippen LogP) is 2.35. The van der Waals surface area contributed by atoms with Gasteiger partial charge in [0, 0.05) is 19.2 Å². The molecule has 0 aliphatic carbocycles. The molecule has 0 radical (unpaired) electrons. The summed E-state index contributed by atoms with van der Waals surface area (Å²) in [5, 5.41) is 9.08. The Kier molecular flexibility index (Phi) is 3.35. The highest BCUT2D eigenvalue weighted by atomic mass is 35.5. The van der Waals surface area contributed by atoms with Gasteiger partial charge >= 0.3 is 6.09 Å². The SMILES string of the molecule is N#Cc1cc(OOC(=O)N2CCC2)ccc1Cl. The van der Waals surface area contributed by atoms with Crippen LogP contribution in [0.2, 0.25) is 5.02 Å². The fourth-order valence-electron chi connectivity index (χ4n) is 1.28. The van der Waals surface area contributed by atoms with E-state index in [1.807, 2.05) is 6.07 Å². The Labute approximate surface area is 103 Å². The summed E-state index contributed by atoms with van der Waals surface area (Å²) in [5.41, 5.74) is 0.268. The van der Waals surface area contributed by atoms with Crippen LogP contribution in [0.15, 0.2) is 18.2 Å². The summed E-state index contributed by atoms with van der Waals surface area (Å²) in [6, 6.07) is 6.34. The molecule has 6 heteroatoms. The van der Waals surface area contributed by atoms with Crippen LogP contribution in [0, 0.1) is 11.3 Å². The molecule has 1 heterocycles. The zero-order chi connectivity index (χ0) is 12.3. The molecule has 1 saturated heterocycles. The number of hydrogen-bond acceptors (Lipinski definition) is 4. The highest BCUT2D eigenvalue weighted by Crippen LogP contribution is 2.21. The van der Waals surface area contributed by atoms with Crippen molar-refractivity contribution in [3.05, 3.63) is 28.8 Å². The van der Waals surface area contributed by atoms with Gasteiger partial charge in [0.2, 0.25) is 0 Å². The van der Waals surface area contributed by atoms with Crippen molar-refractivity contribution >= 4 is 17.7 Å². The van der Waals surface area contributed by atoms with Crippen molar-refractivity contribution in [2.75, 3.05) is 13.1 Å². The molecular formula is C11H9ClN2O3. The third-order valence-corrected chi connectivity index (χ3v) is 2.71. The molecule has 1 aliphatic rings. The fraction of sp³-hybridized carbons (Fsp3) is 0.273. The number of halogens is 1. The van der Waals surface area contributed by atoms with Crippen LogP contribution in [0.5, 0.6) is 5.75 Å². The third kappa shape index (κ3) is 2.60. The monoisotopic (exact) mass is 252 g/mol. The first-order valence-electron chi connectivity index (χ1n) is 5.04. The molecular weight excluding hydrogens is 244 g/mol. The van der Waals surface area contributed by atoms with E-state index in [2.05, 4.69) is 4.89 Å². The molecule has 0 unspecified atom stereocenters. The van der Waals surface area contributed by atoms with E-state index in [-0.39, 0.29) is 11.3 Å². The van der Waals surface area contributed by atoms with E-state index in [0.717, 1.165) is 6.42 Å². The Hall–Kier alpha value is -1.93. The van der Waals surface area contributed by atoms with Crippen molar-refractivity contribution in [3.8, 4) is 11.8 Å².